The standard InChI is InChI=1S/C25H25BrN6O/c1-2-3-14-31-23-22(29-25(31)30-13-6-11-27-12-15-30)16-28-32(24(23)33)17-18-9-10-21(26)20-8-5-4-7-19(18)20/h4-5,7-10,16,27H,6,11-15,17H2,1H3. The normalized spacial score (nSPS) is 14.3. The summed E-state index contributed by atoms with van der Waals surface area (Å²) in [6.07, 6.45) is 2.73. The summed E-state index contributed by atoms with van der Waals surface area (Å²) >= 11 is 3.63. The number of imidazole rings is 1. The molecule has 0 bridgehead atoms. The Balaban J connectivity index is 1.62. The lowest BCUT2D eigenvalue weighted by Crippen LogP contribution is -2.31. The predicted octanol–water partition coefficient (Wildman–Crippen LogP) is 3.38. The fraction of sp³-hybridized carbons (Fsp3) is 0.320. The topological polar surface area (TPSA) is 68.0 Å². The molecular weight excluding hydrogens is 480 g/mol. The van der Waals surface area contributed by atoms with Crippen molar-refractivity contribution >= 4 is 43.7 Å². The van der Waals surface area contributed by atoms with Gasteiger partial charge in [0.15, 0.2) is 0 Å². The first-order chi connectivity index (χ1) is 16.2. The Kier molecular flexibility index (Phi) is 6.16. The molecule has 33 heavy (non-hydrogen) atoms. The summed E-state index contributed by atoms with van der Waals surface area (Å²) in [6, 6.07) is 12.2. The van der Waals surface area contributed by atoms with E-state index in [2.05, 4.69) is 55.2 Å². The summed E-state index contributed by atoms with van der Waals surface area (Å²) in [5, 5.41) is 10.1. The van der Waals surface area contributed by atoms with Gasteiger partial charge < -0.3 is 10.2 Å². The number of rotatable bonds is 4. The molecule has 3 heterocycles. The molecule has 0 aliphatic carbocycles. The number of hydrogen-bond donors (Lipinski definition) is 1. The molecule has 4 aromatic rings. The number of fused-ring (bicyclic) bond motifs is 2. The zero-order valence-electron chi connectivity index (χ0n) is 18.5. The quantitative estimate of drug-likeness (QED) is 0.431. The zero-order valence-corrected chi connectivity index (χ0v) is 20.1. The average molecular weight is 505 g/mol. The van der Waals surface area contributed by atoms with Crippen molar-refractivity contribution in [1.82, 2.24) is 24.6 Å². The Morgan fingerprint density at radius 3 is 2.82 bits per heavy atom. The summed E-state index contributed by atoms with van der Waals surface area (Å²) in [4.78, 5) is 20.7. The van der Waals surface area contributed by atoms with Crippen LogP contribution in [0.2, 0.25) is 0 Å². The molecule has 8 heteroatoms. The van der Waals surface area contributed by atoms with Crippen molar-refractivity contribution in [2.75, 3.05) is 31.1 Å². The second-order valence-corrected chi connectivity index (χ2v) is 8.96. The van der Waals surface area contributed by atoms with E-state index in [9.17, 15) is 4.79 Å². The monoisotopic (exact) mass is 504 g/mol. The third-order valence-corrected chi connectivity index (χ3v) is 6.74. The van der Waals surface area contributed by atoms with E-state index < -0.39 is 0 Å². The Bertz CT molecular complexity index is 1440. The van der Waals surface area contributed by atoms with Gasteiger partial charge in [0.1, 0.15) is 11.0 Å². The van der Waals surface area contributed by atoms with Gasteiger partial charge in [-0.05, 0) is 42.3 Å². The van der Waals surface area contributed by atoms with Crippen LogP contribution in [0.1, 0.15) is 18.9 Å². The second-order valence-electron chi connectivity index (χ2n) is 8.11. The molecule has 1 N–H and O–H groups in total. The molecule has 5 rings (SSSR count). The molecule has 0 atom stereocenters. The highest BCUT2D eigenvalue weighted by molar-refractivity contribution is 9.10. The number of nitrogens with one attached hydrogen (secondary N) is 1. The van der Waals surface area contributed by atoms with Gasteiger partial charge in [0.05, 0.1) is 19.3 Å². The first-order valence-electron chi connectivity index (χ1n) is 11.1. The molecule has 1 aliphatic heterocycles. The first kappa shape index (κ1) is 21.7. The molecule has 0 amide bonds. The van der Waals surface area contributed by atoms with Gasteiger partial charge in [-0.25, -0.2) is 9.67 Å². The Hall–Kier alpha value is -3.15. The zero-order chi connectivity index (χ0) is 22.8. The van der Waals surface area contributed by atoms with E-state index >= 15 is 0 Å². The average Bonchev–Trinajstić information content (AvgIpc) is 3.00. The van der Waals surface area contributed by atoms with E-state index in [0.717, 1.165) is 59.4 Å². The van der Waals surface area contributed by atoms with Crippen molar-refractivity contribution in [3.05, 3.63) is 63.0 Å². The van der Waals surface area contributed by atoms with Crippen LogP contribution in [0, 0.1) is 11.8 Å². The lowest BCUT2D eigenvalue weighted by Gasteiger charge is -2.21. The number of benzene rings is 2. The summed E-state index contributed by atoms with van der Waals surface area (Å²) in [6.45, 7) is 6.23. The van der Waals surface area contributed by atoms with Crippen LogP contribution in [0.5, 0.6) is 0 Å². The van der Waals surface area contributed by atoms with E-state index in [1.807, 2.05) is 35.8 Å². The molecule has 0 saturated carbocycles. The summed E-state index contributed by atoms with van der Waals surface area (Å²) in [7, 11) is 0. The number of nitrogens with zero attached hydrogens (tertiary/aromatic N) is 5. The minimum Gasteiger partial charge on any atom is -0.341 e. The van der Waals surface area contributed by atoms with Crippen LogP contribution in [0.15, 0.2) is 51.9 Å². The smallest absolute Gasteiger partial charge is 0.293 e. The van der Waals surface area contributed by atoms with Gasteiger partial charge in [0.2, 0.25) is 5.95 Å². The number of hydrogen-bond acceptors (Lipinski definition) is 5. The third kappa shape index (κ3) is 4.14. The van der Waals surface area contributed by atoms with Gasteiger partial charge in [-0.2, -0.15) is 5.10 Å². The van der Waals surface area contributed by atoms with Crippen LogP contribution < -0.4 is 15.8 Å². The molecule has 168 valence electrons. The van der Waals surface area contributed by atoms with E-state index in [4.69, 9.17) is 4.98 Å². The largest absolute Gasteiger partial charge is 0.341 e. The van der Waals surface area contributed by atoms with Crippen molar-refractivity contribution in [3.63, 3.8) is 0 Å². The van der Waals surface area contributed by atoms with Gasteiger partial charge in [-0.15, -0.1) is 5.92 Å². The maximum absolute atomic E-state index is 13.6. The van der Waals surface area contributed by atoms with Crippen LogP contribution in [-0.2, 0) is 13.1 Å². The van der Waals surface area contributed by atoms with Crippen LogP contribution in [0.25, 0.3) is 21.8 Å². The third-order valence-electron chi connectivity index (χ3n) is 6.05. The fourth-order valence-electron chi connectivity index (χ4n) is 4.41. The van der Waals surface area contributed by atoms with Gasteiger partial charge >= 0.3 is 0 Å². The summed E-state index contributed by atoms with van der Waals surface area (Å²) < 4.78 is 4.52. The number of anilines is 1. The summed E-state index contributed by atoms with van der Waals surface area (Å²) in [5.41, 5.74) is 2.06. The highest BCUT2D eigenvalue weighted by atomic mass is 79.9. The van der Waals surface area contributed by atoms with Crippen molar-refractivity contribution in [2.45, 2.75) is 26.4 Å². The van der Waals surface area contributed by atoms with Gasteiger partial charge in [-0.1, -0.05) is 52.2 Å². The molecule has 0 unspecified atom stereocenters. The van der Waals surface area contributed by atoms with Gasteiger partial charge in [0.25, 0.3) is 5.56 Å². The molecule has 7 nitrogen and oxygen atoms in total. The Morgan fingerprint density at radius 1 is 1.12 bits per heavy atom. The number of halogens is 1. The molecule has 1 fully saturated rings. The lowest BCUT2D eigenvalue weighted by atomic mass is 10.0. The van der Waals surface area contributed by atoms with Crippen LogP contribution in [-0.4, -0.2) is 45.5 Å². The van der Waals surface area contributed by atoms with Gasteiger partial charge in [-0.3, -0.25) is 9.36 Å². The highest BCUT2D eigenvalue weighted by Gasteiger charge is 2.21. The van der Waals surface area contributed by atoms with Crippen LogP contribution in [0.4, 0.5) is 5.95 Å². The van der Waals surface area contributed by atoms with Gasteiger partial charge in [0, 0.05) is 24.1 Å². The maximum atomic E-state index is 13.6. The minimum absolute atomic E-state index is 0.149. The molecule has 0 radical (unpaired) electrons. The van der Waals surface area contributed by atoms with Crippen molar-refractivity contribution in [3.8, 4) is 11.8 Å². The molecule has 1 aliphatic rings. The van der Waals surface area contributed by atoms with Crippen molar-refractivity contribution in [1.29, 1.82) is 0 Å². The predicted molar refractivity (Wildman–Crippen MR) is 136 cm³/mol. The van der Waals surface area contributed by atoms with E-state index in [0.29, 0.717) is 24.1 Å². The van der Waals surface area contributed by atoms with E-state index in [-0.39, 0.29) is 5.56 Å². The molecule has 1 saturated heterocycles. The number of aromatic nitrogens is 4. The molecule has 2 aromatic heterocycles. The van der Waals surface area contributed by atoms with Crippen LogP contribution >= 0.6 is 15.9 Å². The fourth-order valence-corrected chi connectivity index (χ4v) is 4.88. The van der Waals surface area contributed by atoms with Crippen molar-refractivity contribution < 1.29 is 0 Å². The second kappa shape index (κ2) is 9.38. The highest BCUT2D eigenvalue weighted by Crippen LogP contribution is 2.27. The van der Waals surface area contributed by atoms with Crippen molar-refractivity contribution in [2.24, 2.45) is 0 Å². The minimum atomic E-state index is -0.149. The molecule has 0 spiro atoms. The molecule has 2 aromatic carbocycles. The maximum Gasteiger partial charge on any atom is 0.293 e. The lowest BCUT2D eigenvalue weighted by molar-refractivity contribution is 0.644. The molecular formula is C25H25BrN6O. The Labute approximate surface area is 200 Å². The van der Waals surface area contributed by atoms with Crippen LogP contribution in [0.3, 0.4) is 0 Å². The Morgan fingerprint density at radius 2 is 1.97 bits per heavy atom. The summed E-state index contributed by atoms with van der Waals surface area (Å²) in [5.74, 6) is 6.87. The van der Waals surface area contributed by atoms with E-state index in [1.54, 1.807) is 6.20 Å². The first-order valence-corrected chi connectivity index (χ1v) is 11.9. The SMILES string of the molecule is CC#CCn1c(N2CCCNCC2)nc2cnn(Cc3ccc(Br)c4ccccc34)c(=O)c21. The van der Waals surface area contributed by atoms with E-state index in [1.165, 1.54) is 4.68 Å².